The summed E-state index contributed by atoms with van der Waals surface area (Å²) in [6.07, 6.45) is 4.27. The summed E-state index contributed by atoms with van der Waals surface area (Å²) in [7, 11) is 1.87. The highest BCUT2D eigenvalue weighted by Gasteiger charge is 2.48. The van der Waals surface area contributed by atoms with Crippen molar-refractivity contribution in [2.45, 2.75) is 87.1 Å². The molecule has 162 valence electrons. The molecule has 0 aromatic heterocycles. The van der Waals surface area contributed by atoms with Crippen LogP contribution in [0.5, 0.6) is 0 Å². The first kappa shape index (κ1) is 22.1. The van der Waals surface area contributed by atoms with E-state index in [-0.39, 0.29) is 42.3 Å². The Morgan fingerprint density at radius 3 is 2.57 bits per heavy atom. The Hall–Kier alpha value is -0.620. The topological polar surface area (TPSA) is 161 Å². The molecule has 1 unspecified atom stereocenters. The van der Waals surface area contributed by atoms with E-state index in [9.17, 15) is 10.2 Å². The van der Waals surface area contributed by atoms with E-state index < -0.39 is 18.1 Å². The molecule has 2 aliphatic carbocycles. The van der Waals surface area contributed by atoms with Crippen LogP contribution in [0.15, 0.2) is 12.2 Å². The molecular weight excluding hydrogens is 362 g/mol. The number of hydrogen-bond donors (Lipinski definition) is 7. The molecule has 3 rings (SSSR count). The Labute approximate surface area is 167 Å². The lowest BCUT2D eigenvalue weighted by Crippen LogP contribution is -2.65. The summed E-state index contributed by atoms with van der Waals surface area (Å²) >= 11 is 0. The first-order valence-electron chi connectivity index (χ1n) is 10.3. The number of ether oxygens (including phenoxy) is 2. The fraction of sp³-hybridized carbons (Fsp3) is 0.895. The van der Waals surface area contributed by atoms with Gasteiger partial charge in [0.1, 0.15) is 11.8 Å². The van der Waals surface area contributed by atoms with Crippen molar-refractivity contribution in [2.75, 3.05) is 13.6 Å². The van der Waals surface area contributed by atoms with Gasteiger partial charge in [-0.15, -0.1) is 0 Å². The van der Waals surface area contributed by atoms with Crippen LogP contribution < -0.4 is 27.8 Å². The van der Waals surface area contributed by atoms with E-state index in [1.165, 1.54) is 0 Å². The average Bonchev–Trinajstić information content (AvgIpc) is 2.59. The lowest BCUT2D eigenvalue weighted by Gasteiger charge is -2.47. The van der Waals surface area contributed by atoms with Crippen LogP contribution in [0.2, 0.25) is 0 Å². The first-order chi connectivity index (χ1) is 13.2. The standard InChI is InChI=1S/C19H37N5O4/c1-10-5-12(24-18(25)19(26)7-11(20)8-19)6-15(22)16(10)28-17-14(21)4-3-13(27-17)9-23-2/h3-4,10-18,23-26H,5-9,20-22H2,1-2H3/t10-,11?,12+,13+,14-,15+,16+,17-,18?,19?/m1/s1. The van der Waals surface area contributed by atoms with Gasteiger partial charge in [-0.25, -0.2) is 0 Å². The number of likely N-dealkylation sites (N-methyl/N-ethyl adjacent to an activating group) is 1. The summed E-state index contributed by atoms with van der Waals surface area (Å²) < 4.78 is 12.2. The molecule has 0 aromatic rings. The summed E-state index contributed by atoms with van der Waals surface area (Å²) in [6, 6.07) is -0.607. The Bertz CT molecular complexity index is 532. The largest absolute Gasteiger partial charge is 0.386 e. The molecule has 0 bridgehead atoms. The van der Waals surface area contributed by atoms with Crippen LogP contribution in [0.3, 0.4) is 0 Å². The van der Waals surface area contributed by atoms with Gasteiger partial charge in [0.2, 0.25) is 0 Å². The molecule has 0 saturated heterocycles. The van der Waals surface area contributed by atoms with Gasteiger partial charge >= 0.3 is 0 Å². The van der Waals surface area contributed by atoms with Gasteiger partial charge in [0, 0.05) is 24.7 Å². The van der Waals surface area contributed by atoms with Crippen LogP contribution in [-0.2, 0) is 9.47 Å². The molecular formula is C19H37N5O4. The number of hydrogen-bond acceptors (Lipinski definition) is 9. The molecule has 3 aliphatic rings. The van der Waals surface area contributed by atoms with Crippen molar-refractivity contribution in [1.82, 2.24) is 10.6 Å². The second-order valence-electron chi connectivity index (χ2n) is 8.81. The molecule has 9 nitrogen and oxygen atoms in total. The van der Waals surface area contributed by atoms with Crippen LogP contribution in [0.1, 0.15) is 32.6 Å². The van der Waals surface area contributed by atoms with E-state index >= 15 is 0 Å². The zero-order chi connectivity index (χ0) is 20.5. The van der Waals surface area contributed by atoms with E-state index in [2.05, 4.69) is 17.6 Å². The van der Waals surface area contributed by atoms with Gasteiger partial charge in [-0.1, -0.05) is 19.1 Å². The number of rotatable bonds is 7. The highest BCUT2D eigenvalue weighted by Crippen LogP contribution is 2.35. The zero-order valence-corrected chi connectivity index (χ0v) is 16.8. The van der Waals surface area contributed by atoms with Gasteiger partial charge in [-0.2, -0.15) is 0 Å². The third kappa shape index (κ3) is 4.92. The minimum atomic E-state index is -1.14. The number of aliphatic hydroxyl groups is 2. The first-order valence-corrected chi connectivity index (χ1v) is 10.3. The van der Waals surface area contributed by atoms with Crippen LogP contribution in [0, 0.1) is 5.92 Å². The molecule has 10 N–H and O–H groups in total. The molecule has 1 aliphatic heterocycles. The Balaban J connectivity index is 1.53. The summed E-state index contributed by atoms with van der Waals surface area (Å²) in [6.45, 7) is 2.76. The monoisotopic (exact) mass is 399 g/mol. The van der Waals surface area contributed by atoms with E-state index in [0.29, 0.717) is 25.8 Å². The maximum Gasteiger partial charge on any atom is 0.177 e. The van der Waals surface area contributed by atoms with Crippen molar-refractivity contribution >= 4 is 0 Å². The number of aliphatic hydroxyl groups excluding tert-OH is 1. The summed E-state index contributed by atoms with van der Waals surface area (Å²) in [5.41, 5.74) is 17.2. The summed E-state index contributed by atoms with van der Waals surface area (Å²) in [5.74, 6) is 0.149. The van der Waals surface area contributed by atoms with Crippen LogP contribution in [-0.4, -0.2) is 78.3 Å². The van der Waals surface area contributed by atoms with Crippen molar-refractivity contribution in [2.24, 2.45) is 23.1 Å². The fourth-order valence-corrected chi connectivity index (χ4v) is 4.63. The minimum absolute atomic E-state index is 0.00131. The normalized spacial score (nSPS) is 47.5. The molecule has 0 spiro atoms. The van der Waals surface area contributed by atoms with Crippen LogP contribution in [0.4, 0.5) is 0 Å². The van der Waals surface area contributed by atoms with Gasteiger partial charge in [-0.3, -0.25) is 5.32 Å². The molecule has 1 heterocycles. The van der Waals surface area contributed by atoms with Gasteiger partial charge in [0.05, 0.1) is 18.2 Å². The second-order valence-corrected chi connectivity index (χ2v) is 8.81. The lowest BCUT2D eigenvalue weighted by molar-refractivity contribution is -0.213. The summed E-state index contributed by atoms with van der Waals surface area (Å²) in [5, 5.41) is 27.0. The SMILES string of the molecule is CNC[C@@H]1C=C[C@@H](N)[C@@H](O[C@H]2[C@H](C)C[C@H](NC(O)C3(O)CC(N)C3)C[C@@H]2N)O1. The third-order valence-electron chi connectivity index (χ3n) is 6.20. The molecule has 9 heteroatoms. The van der Waals surface area contributed by atoms with Crippen molar-refractivity contribution < 1.29 is 19.7 Å². The van der Waals surface area contributed by atoms with Gasteiger partial charge in [0.15, 0.2) is 6.29 Å². The second kappa shape index (κ2) is 9.03. The van der Waals surface area contributed by atoms with Gasteiger partial charge < -0.3 is 42.2 Å². The van der Waals surface area contributed by atoms with Gasteiger partial charge in [0.25, 0.3) is 0 Å². The molecule has 2 saturated carbocycles. The highest BCUT2D eigenvalue weighted by molar-refractivity contribution is 5.04. The molecule has 8 atom stereocenters. The Morgan fingerprint density at radius 1 is 1.25 bits per heavy atom. The molecule has 0 aromatic carbocycles. The number of nitrogens with one attached hydrogen (secondary N) is 2. The summed E-state index contributed by atoms with van der Waals surface area (Å²) in [4.78, 5) is 0. The quantitative estimate of drug-likeness (QED) is 0.191. The predicted molar refractivity (Wildman–Crippen MR) is 106 cm³/mol. The molecule has 0 radical (unpaired) electrons. The predicted octanol–water partition coefficient (Wildman–Crippen LogP) is -1.91. The maximum atomic E-state index is 10.4. The molecule has 0 amide bonds. The van der Waals surface area contributed by atoms with Crippen LogP contribution in [0.25, 0.3) is 0 Å². The van der Waals surface area contributed by atoms with Crippen molar-refractivity contribution in [3.63, 3.8) is 0 Å². The van der Waals surface area contributed by atoms with Crippen molar-refractivity contribution in [1.29, 1.82) is 0 Å². The third-order valence-corrected chi connectivity index (χ3v) is 6.20. The Morgan fingerprint density at radius 2 is 1.96 bits per heavy atom. The van der Waals surface area contributed by atoms with Crippen molar-refractivity contribution in [3.8, 4) is 0 Å². The van der Waals surface area contributed by atoms with E-state index in [4.69, 9.17) is 26.7 Å². The van der Waals surface area contributed by atoms with E-state index in [1.54, 1.807) is 0 Å². The fourth-order valence-electron chi connectivity index (χ4n) is 4.63. The molecule has 28 heavy (non-hydrogen) atoms. The smallest absolute Gasteiger partial charge is 0.177 e. The van der Waals surface area contributed by atoms with E-state index in [0.717, 1.165) is 6.42 Å². The molecule has 2 fully saturated rings. The zero-order valence-electron chi connectivity index (χ0n) is 16.8. The maximum absolute atomic E-state index is 10.4. The van der Waals surface area contributed by atoms with Crippen molar-refractivity contribution in [3.05, 3.63) is 12.2 Å². The lowest BCUT2D eigenvalue weighted by atomic mass is 9.74. The number of nitrogens with two attached hydrogens (primary N) is 3. The van der Waals surface area contributed by atoms with Crippen LogP contribution >= 0.6 is 0 Å². The van der Waals surface area contributed by atoms with E-state index in [1.807, 2.05) is 19.2 Å². The highest BCUT2D eigenvalue weighted by atomic mass is 16.7. The Kier molecular flexibility index (Phi) is 7.12. The minimum Gasteiger partial charge on any atom is -0.386 e. The average molecular weight is 400 g/mol. The van der Waals surface area contributed by atoms with Gasteiger partial charge in [-0.05, 0) is 38.6 Å².